The van der Waals surface area contributed by atoms with Gasteiger partial charge in [-0.2, -0.15) is 0 Å². The second-order valence-electron chi connectivity index (χ2n) is 14.0. The SMILES string of the molecule is O=c1c2nc3ccccc3n2c2cc(-c3ccc(N(c4ccc(-c5ccccc5)cc4)c4cccc5oc6ccccc6c45)cc3)ccc2n1-c1ccccc1. The number of imidazole rings is 1. The number of hydrogen-bond donors (Lipinski definition) is 0. The molecule has 6 nitrogen and oxygen atoms in total. The van der Waals surface area contributed by atoms with Gasteiger partial charge in [-0.25, -0.2) is 4.98 Å². The zero-order valence-corrected chi connectivity index (χ0v) is 30.1. The average Bonchev–Trinajstić information content (AvgIpc) is 3.85. The Hall–Kier alpha value is -7.70. The first-order valence-corrected chi connectivity index (χ1v) is 18.7. The number of rotatable bonds is 6. The third-order valence-electron chi connectivity index (χ3n) is 10.7. The summed E-state index contributed by atoms with van der Waals surface area (Å²) in [6.45, 7) is 0. The molecule has 264 valence electrons. The molecule has 0 aliphatic heterocycles. The molecule has 0 aliphatic carbocycles. The predicted octanol–water partition coefficient (Wildman–Crippen LogP) is 12.5. The lowest BCUT2D eigenvalue weighted by atomic mass is 10.0. The monoisotopic (exact) mass is 720 g/mol. The average molecular weight is 721 g/mol. The van der Waals surface area contributed by atoms with Gasteiger partial charge in [0.2, 0.25) is 5.65 Å². The van der Waals surface area contributed by atoms with Crippen LogP contribution in [0.15, 0.2) is 203 Å². The van der Waals surface area contributed by atoms with E-state index >= 15 is 0 Å². The molecule has 3 aromatic heterocycles. The van der Waals surface area contributed by atoms with Crippen LogP contribution in [0.4, 0.5) is 17.1 Å². The molecule has 0 bridgehead atoms. The summed E-state index contributed by atoms with van der Waals surface area (Å²) in [6.07, 6.45) is 0. The van der Waals surface area contributed by atoms with Crippen molar-refractivity contribution in [2.24, 2.45) is 0 Å². The number of furan rings is 1. The molecule has 0 fully saturated rings. The molecule has 0 unspecified atom stereocenters. The van der Waals surface area contributed by atoms with Crippen LogP contribution >= 0.6 is 0 Å². The van der Waals surface area contributed by atoms with Crippen molar-refractivity contribution in [2.45, 2.75) is 0 Å². The molecule has 0 radical (unpaired) electrons. The molecule has 0 saturated carbocycles. The van der Waals surface area contributed by atoms with Crippen LogP contribution in [0.5, 0.6) is 0 Å². The van der Waals surface area contributed by atoms with E-state index in [-0.39, 0.29) is 5.56 Å². The van der Waals surface area contributed by atoms with E-state index < -0.39 is 0 Å². The molecule has 56 heavy (non-hydrogen) atoms. The summed E-state index contributed by atoms with van der Waals surface area (Å²) in [6, 6.07) is 66.4. The first-order valence-electron chi connectivity index (χ1n) is 18.7. The Morgan fingerprint density at radius 2 is 1.09 bits per heavy atom. The smallest absolute Gasteiger partial charge is 0.299 e. The first kappa shape index (κ1) is 31.8. The van der Waals surface area contributed by atoms with Crippen LogP contribution in [-0.2, 0) is 0 Å². The summed E-state index contributed by atoms with van der Waals surface area (Å²) in [5, 5.41) is 2.14. The maximum Gasteiger partial charge on any atom is 0.299 e. The lowest BCUT2D eigenvalue weighted by Gasteiger charge is -2.26. The van der Waals surface area contributed by atoms with Gasteiger partial charge in [-0.15, -0.1) is 0 Å². The van der Waals surface area contributed by atoms with Gasteiger partial charge in [-0.05, 0) is 101 Å². The van der Waals surface area contributed by atoms with Gasteiger partial charge in [0.1, 0.15) is 11.2 Å². The third-order valence-corrected chi connectivity index (χ3v) is 10.7. The second-order valence-corrected chi connectivity index (χ2v) is 14.0. The summed E-state index contributed by atoms with van der Waals surface area (Å²) >= 11 is 0. The minimum Gasteiger partial charge on any atom is -0.456 e. The highest BCUT2D eigenvalue weighted by atomic mass is 16.3. The van der Waals surface area contributed by atoms with Crippen molar-refractivity contribution in [1.29, 1.82) is 0 Å². The van der Waals surface area contributed by atoms with Crippen molar-refractivity contribution < 1.29 is 4.42 Å². The Morgan fingerprint density at radius 1 is 0.482 bits per heavy atom. The van der Waals surface area contributed by atoms with Crippen LogP contribution < -0.4 is 10.5 Å². The molecule has 6 heteroatoms. The van der Waals surface area contributed by atoms with Crippen molar-refractivity contribution in [2.75, 3.05) is 4.90 Å². The summed E-state index contributed by atoms with van der Waals surface area (Å²) in [5.41, 5.74) is 13.6. The van der Waals surface area contributed by atoms with Gasteiger partial charge in [-0.3, -0.25) is 13.8 Å². The molecule has 8 aromatic carbocycles. The molecule has 0 amide bonds. The third kappa shape index (κ3) is 5.04. The highest BCUT2D eigenvalue weighted by Gasteiger charge is 2.21. The Kier molecular flexibility index (Phi) is 7.22. The standard InChI is InChI=1S/C50H32N4O2/c55-50-49-51-41-17-8-9-18-42(41)54(49)45-32-36(26-31-43(45)53(50)37-14-5-2-6-15-37)35-24-29-39(30-25-35)52(38-27-22-34(23-28-38)33-12-3-1-4-13-33)44-19-11-21-47-48(44)40-16-7-10-20-46(40)56-47/h1-32H. The fourth-order valence-corrected chi connectivity index (χ4v) is 8.13. The van der Waals surface area contributed by atoms with Crippen LogP contribution in [0.3, 0.4) is 0 Å². The Balaban J connectivity index is 1.08. The zero-order chi connectivity index (χ0) is 37.2. The number of nitrogens with zero attached hydrogens (tertiary/aromatic N) is 4. The summed E-state index contributed by atoms with van der Waals surface area (Å²) in [7, 11) is 0. The molecule has 11 aromatic rings. The van der Waals surface area contributed by atoms with E-state index in [4.69, 9.17) is 9.40 Å². The van der Waals surface area contributed by atoms with E-state index in [0.717, 1.165) is 83.4 Å². The summed E-state index contributed by atoms with van der Waals surface area (Å²) < 4.78 is 10.1. The van der Waals surface area contributed by atoms with Crippen molar-refractivity contribution >= 4 is 66.7 Å². The quantitative estimate of drug-likeness (QED) is 0.172. The van der Waals surface area contributed by atoms with Crippen LogP contribution in [0.2, 0.25) is 0 Å². The largest absolute Gasteiger partial charge is 0.456 e. The maximum absolute atomic E-state index is 14.1. The molecule has 3 heterocycles. The van der Waals surface area contributed by atoms with Crippen molar-refractivity contribution in [3.8, 4) is 27.9 Å². The van der Waals surface area contributed by atoms with E-state index in [0.29, 0.717) is 5.65 Å². The normalized spacial score (nSPS) is 11.6. The van der Waals surface area contributed by atoms with Crippen molar-refractivity contribution in [3.63, 3.8) is 0 Å². The minimum absolute atomic E-state index is 0.158. The van der Waals surface area contributed by atoms with Crippen LogP contribution in [0.1, 0.15) is 0 Å². The van der Waals surface area contributed by atoms with Gasteiger partial charge < -0.3 is 9.32 Å². The number of para-hydroxylation sites is 4. The highest BCUT2D eigenvalue weighted by molar-refractivity contribution is 6.13. The lowest BCUT2D eigenvalue weighted by Crippen LogP contribution is -2.21. The van der Waals surface area contributed by atoms with Gasteiger partial charge in [0.05, 0.1) is 33.1 Å². The van der Waals surface area contributed by atoms with E-state index in [9.17, 15) is 4.79 Å². The topological polar surface area (TPSA) is 55.7 Å². The number of anilines is 3. The molecular formula is C50H32N4O2. The van der Waals surface area contributed by atoms with Gasteiger partial charge in [0.25, 0.3) is 5.56 Å². The summed E-state index contributed by atoms with van der Waals surface area (Å²) in [5.74, 6) is 0. The van der Waals surface area contributed by atoms with E-state index in [1.54, 1.807) is 4.57 Å². The molecule has 0 N–H and O–H groups in total. The fraction of sp³-hybridized carbons (Fsp3) is 0. The van der Waals surface area contributed by atoms with Crippen LogP contribution in [0.25, 0.3) is 77.6 Å². The van der Waals surface area contributed by atoms with Gasteiger partial charge in [0, 0.05) is 22.4 Å². The summed E-state index contributed by atoms with van der Waals surface area (Å²) in [4.78, 5) is 21.2. The predicted molar refractivity (Wildman–Crippen MR) is 229 cm³/mol. The Bertz CT molecular complexity index is 3310. The lowest BCUT2D eigenvalue weighted by molar-refractivity contribution is 0.669. The van der Waals surface area contributed by atoms with Crippen LogP contribution in [-0.4, -0.2) is 14.0 Å². The van der Waals surface area contributed by atoms with E-state index in [1.807, 2.05) is 89.3 Å². The Labute approximate surface area is 321 Å². The number of aromatic nitrogens is 3. The van der Waals surface area contributed by atoms with E-state index in [1.165, 1.54) is 5.56 Å². The number of fused-ring (bicyclic) bond motifs is 8. The molecule has 0 atom stereocenters. The van der Waals surface area contributed by atoms with Gasteiger partial charge in [0.15, 0.2) is 0 Å². The van der Waals surface area contributed by atoms with Crippen molar-refractivity contribution in [1.82, 2.24) is 14.0 Å². The highest BCUT2D eigenvalue weighted by Crippen LogP contribution is 2.43. The van der Waals surface area contributed by atoms with Gasteiger partial charge in [-0.1, -0.05) is 115 Å². The van der Waals surface area contributed by atoms with E-state index in [2.05, 4.69) is 114 Å². The molecular weight excluding hydrogens is 689 g/mol. The Morgan fingerprint density at radius 3 is 1.86 bits per heavy atom. The maximum atomic E-state index is 14.1. The molecule has 11 rings (SSSR count). The first-order chi connectivity index (χ1) is 27.7. The van der Waals surface area contributed by atoms with Gasteiger partial charge >= 0.3 is 0 Å². The number of hydrogen-bond acceptors (Lipinski definition) is 4. The zero-order valence-electron chi connectivity index (χ0n) is 30.1. The molecule has 0 saturated heterocycles. The minimum atomic E-state index is -0.158. The fourth-order valence-electron chi connectivity index (χ4n) is 8.13. The second kappa shape index (κ2) is 12.7. The van der Waals surface area contributed by atoms with Crippen LogP contribution in [0, 0.1) is 0 Å². The van der Waals surface area contributed by atoms with Crippen molar-refractivity contribution in [3.05, 3.63) is 204 Å². The number of benzene rings is 8. The molecule has 0 aliphatic rings. The molecule has 0 spiro atoms.